The van der Waals surface area contributed by atoms with Gasteiger partial charge in [-0.25, -0.2) is 4.98 Å². The molecule has 0 aromatic carbocycles. The zero-order valence-electron chi connectivity index (χ0n) is 9.23. The standard InChI is InChI=1S/C10H18N4O/c1-3-8(11)7-13-9-10(15)14(4-2)6-5-12-9/h5-6,8H,3-4,7,11H2,1-2H3,(H,12,13). The zero-order valence-corrected chi connectivity index (χ0v) is 9.23. The molecule has 0 bridgehead atoms. The van der Waals surface area contributed by atoms with E-state index >= 15 is 0 Å². The number of hydrogen-bond acceptors (Lipinski definition) is 4. The summed E-state index contributed by atoms with van der Waals surface area (Å²) in [5.74, 6) is 0.378. The van der Waals surface area contributed by atoms with E-state index in [4.69, 9.17) is 5.73 Å². The van der Waals surface area contributed by atoms with Crippen LogP contribution in [0.5, 0.6) is 0 Å². The summed E-state index contributed by atoms with van der Waals surface area (Å²) in [6, 6.07) is 0.0569. The summed E-state index contributed by atoms with van der Waals surface area (Å²) < 4.78 is 1.60. The average Bonchev–Trinajstić information content (AvgIpc) is 2.27. The van der Waals surface area contributed by atoms with Crippen LogP contribution in [0.3, 0.4) is 0 Å². The number of nitrogens with two attached hydrogens (primary N) is 1. The molecule has 15 heavy (non-hydrogen) atoms. The number of aryl methyl sites for hydroxylation is 1. The van der Waals surface area contributed by atoms with Crippen molar-refractivity contribution in [2.75, 3.05) is 11.9 Å². The van der Waals surface area contributed by atoms with Crippen LogP contribution >= 0.6 is 0 Å². The fraction of sp³-hybridized carbons (Fsp3) is 0.600. The Labute approximate surface area is 89.3 Å². The van der Waals surface area contributed by atoms with E-state index in [1.54, 1.807) is 17.0 Å². The number of nitrogens with zero attached hydrogens (tertiary/aromatic N) is 2. The molecule has 0 radical (unpaired) electrons. The molecule has 84 valence electrons. The Morgan fingerprint density at radius 2 is 2.33 bits per heavy atom. The number of anilines is 1. The number of hydrogen-bond donors (Lipinski definition) is 2. The second kappa shape index (κ2) is 5.50. The van der Waals surface area contributed by atoms with Crippen LogP contribution in [0.15, 0.2) is 17.2 Å². The Kier molecular flexibility index (Phi) is 4.30. The maximum absolute atomic E-state index is 11.7. The average molecular weight is 210 g/mol. The van der Waals surface area contributed by atoms with E-state index in [1.165, 1.54) is 0 Å². The van der Waals surface area contributed by atoms with Gasteiger partial charge in [0.05, 0.1) is 0 Å². The third kappa shape index (κ3) is 3.06. The topological polar surface area (TPSA) is 72.9 Å². The van der Waals surface area contributed by atoms with Crippen molar-refractivity contribution >= 4 is 5.82 Å². The third-order valence-corrected chi connectivity index (χ3v) is 2.31. The molecular weight excluding hydrogens is 192 g/mol. The van der Waals surface area contributed by atoms with Crippen LogP contribution in [-0.2, 0) is 6.54 Å². The molecule has 0 fully saturated rings. The van der Waals surface area contributed by atoms with Gasteiger partial charge >= 0.3 is 0 Å². The largest absolute Gasteiger partial charge is 0.364 e. The summed E-state index contributed by atoms with van der Waals surface area (Å²) in [4.78, 5) is 15.7. The van der Waals surface area contributed by atoms with E-state index in [0.717, 1.165) is 6.42 Å². The lowest BCUT2D eigenvalue weighted by Crippen LogP contribution is -2.31. The Morgan fingerprint density at radius 3 is 2.93 bits per heavy atom. The fourth-order valence-electron chi connectivity index (χ4n) is 1.19. The maximum atomic E-state index is 11.7. The molecule has 1 aromatic heterocycles. The molecule has 0 aliphatic heterocycles. The molecule has 3 N–H and O–H groups in total. The minimum absolute atomic E-state index is 0.0569. The minimum Gasteiger partial charge on any atom is -0.364 e. The molecule has 5 heteroatoms. The van der Waals surface area contributed by atoms with Gasteiger partial charge in [-0.05, 0) is 13.3 Å². The lowest BCUT2D eigenvalue weighted by atomic mass is 10.2. The Balaban J connectivity index is 2.73. The molecule has 0 saturated heterocycles. The van der Waals surface area contributed by atoms with Crippen molar-refractivity contribution in [2.24, 2.45) is 5.73 Å². The number of rotatable bonds is 5. The summed E-state index contributed by atoms with van der Waals surface area (Å²) in [7, 11) is 0. The molecule has 0 spiro atoms. The van der Waals surface area contributed by atoms with Crippen molar-refractivity contribution in [3.63, 3.8) is 0 Å². The van der Waals surface area contributed by atoms with Crippen LogP contribution in [0, 0.1) is 0 Å². The highest BCUT2D eigenvalue weighted by Gasteiger charge is 2.04. The van der Waals surface area contributed by atoms with Gasteiger partial charge < -0.3 is 15.6 Å². The van der Waals surface area contributed by atoms with Crippen molar-refractivity contribution in [1.82, 2.24) is 9.55 Å². The third-order valence-electron chi connectivity index (χ3n) is 2.31. The van der Waals surface area contributed by atoms with Crippen LogP contribution in [-0.4, -0.2) is 22.1 Å². The monoisotopic (exact) mass is 210 g/mol. The van der Waals surface area contributed by atoms with Gasteiger partial charge in [0, 0.05) is 31.5 Å². The van der Waals surface area contributed by atoms with E-state index in [9.17, 15) is 4.79 Å². The SMILES string of the molecule is CCC(N)CNc1nccn(CC)c1=O. The van der Waals surface area contributed by atoms with Gasteiger partial charge in [0.15, 0.2) is 5.82 Å². The minimum atomic E-state index is -0.0942. The summed E-state index contributed by atoms with van der Waals surface area (Å²) in [5.41, 5.74) is 5.65. The number of aromatic nitrogens is 2. The Morgan fingerprint density at radius 1 is 1.60 bits per heavy atom. The van der Waals surface area contributed by atoms with Crippen LogP contribution in [0.4, 0.5) is 5.82 Å². The Bertz CT molecular complexity index is 361. The van der Waals surface area contributed by atoms with E-state index in [-0.39, 0.29) is 11.6 Å². The first-order chi connectivity index (χ1) is 7.19. The summed E-state index contributed by atoms with van der Waals surface area (Å²) in [6.07, 6.45) is 4.17. The smallest absolute Gasteiger partial charge is 0.293 e. The zero-order chi connectivity index (χ0) is 11.3. The van der Waals surface area contributed by atoms with Crippen LogP contribution in [0.2, 0.25) is 0 Å². The van der Waals surface area contributed by atoms with E-state index in [1.807, 2.05) is 13.8 Å². The summed E-state index contributed by atoms with van der Waals surface area (Å²) in [5, 5.41) is 2.97. The van der Waals surface area contributed by atoms with E-state index in [2.05, 4.69) is 10.3 Å². The molecule has 5 nitrogen and oxygen atoms in total. The van der Waals surface area contributed by atoms with Crippen LogP contribution < -0.4 is 16.6 Å². The molecule has 1 rings (SSSR count). The van der Waals surface area contributed by atoms with Crippen molar-refractivity contribution in [1.29, 1.82) is 0 Å². The first kappa shape index (κ1) is 11.7. The first-order valence-electron chi connectivity index (χ1n) is 5.23. The van der Waals surface area contributed by atoms with Gasteiger partial charge in [-0.2, -0.15) is 0 Å². The fourth-order valence-corrected chi connectivity index (χ4v) is 1.19. The highest BCUT2D eigenvalue weighted by Crippen LogP contribution is 1.94. The molecule has 0 aliphatic carbocycles. The second-order valence-corrected chi connectivity index (χ2v) is 3.42. The molecule has 0 aliphatic rings. The molecular formula is C10H18N4O. The van der Waals surface area contributed by atoms with Gasteiger partial charge in [0.2, 0.25) is 0 Å². The lowest BCUT2D eigenvalue weighted by molar-refractivity contribution is 0.671. The highest BCUT2D eigenvalue weighted by atomic mass is 16.1. The molecule has 0 saturated carbocycles. The molecule has 1 heterocycles. The van der Waals surface area contributed by atoms with Crippen LogP contribution in [0.25, 0.3) is 0 Å². The summed E-state index contributed by atoms with van der Waals surface area (Å²) in [6.45, 7) is 5.15. The van der Waals surface area contributed by atoms with E-state index in [0.29, 0.717) is 18.9 Å². The van der Waals surface area contributed by atoms with Gasteiger partial charge in [0.1, 0.15) is 0 Å². The molecule has 1 unspecified atom stereocenters. The van der Waals surface area contributed by atoms with E-state index < -0.39 is 0 Å². The first-order valence-corrected chi connectivity index (χ1v) is 5.23. The second-order valence-electron chi connectivity index (χ2n) is 3.42. The predicted octanol–water partition coefficient (Wildman–Crippen LogP) is 0.412. The van der Waals surface area contributed by atoms with Gasteiger partial charge in [-0.1, -0.05) is 6.92 Å². The van der Waals surface area contributed by atoms with Gasteiger partial charge in [-0.15, -0.1) is 0 Å². The van der Waals surface area contributed by atoms with Crippen molar-refractivity contribution < 1.29 is 0 Å². The number of nitrogens with one attached hydrogen (secondary N) is 1. The molecule has 1 aromatic rings. The Hall–Kier alpha value is -1.36. The lowest BCUT2D eigenvalue weighted by Gasteiger charge is -2.11. The van der Waals surface area contributed by atoms with Crippen LogP contribution in [0.1, 0.15) is 20.3 Å². The highest BCUT2D eigenvalue weighted by molar-refractivity contribution is 5.30. The van der Waals surface area contributed by atoms with Gasteiger partial charge in [-0.3, -0.25) is 4.79 Å². The van der Waals surface area contributed by atoms with Gasteiger partial charge in [0.25, 0.3) is 5.56 Å². The molecule has 1 atom stereocenters. The molecule has 0 amide bonds. The normalized spacial score (nSPS) is 12.5. The summed E-state index contributed by atoms with van der Waals surface area (Å²) >= 11 is 0. The van der Waals surface area contributed by atoms with Crippen molar-refractivity contribution in [3.8, 4) is 0 Å². The maximum Gasteiger partial charge on any atom is 0.293 e. The van der Waals surface area contributed by atoms with Crippen molar-refractivity contribution in [3.05, 3.63) is 22.7 Å². The quantitative estimate of drug-likeness (QED) is 0.738. The predicted molar refractivity (Wildman–Crippen MR) is 60.9 cm³/mol. The van der Waals surface area contributed by atoms with Crippen molar-refractivity contribution in [2.45, 2.75) is 32.9 Å².